The first-order chi connectivity index (χ1) is 8.92. The van der Waals surface area contributed by atoms with Crippen LogP contribution in [0.3, 0.4) is 0 Å². The number of aliphatic carboxylic acids is 1. The number of halogens is 1. The fraction of sp³-hybridized carbons (Fsp3) is 0.250. The summed E-state index contributed by atoms with van der Waals surface area (Å²) in [5.74, 6) is -1.88. The van der Waals surface area contributed by atoms with Crippen molar-refractivity contribution in [2.45, 2.75) is 18.1 Å². The molecule has 0 heterocycles. The lowest BCUT2D eigenvalue weighted by Gasteiger charge is -2.28. The van der Waals surface area contributed by atoms with Gasteiger partial charge < -0.3 is 15.5 Å². The van der Waals surface area contributed by atoms with E-state index >= 15 is 0 Å². The summed E-state index contributed by atoms with van der Waals surface area (Å²) < 4.78 is 0.648. The molecule has 0 spiro atoms. The number of rotatable bonds is 4. The van der Waals surface area contributed by atoms with E-state index in [2.05, 4.69) is 21.2 Å². The summed E-state index contributed by atoms with van der Waals surface area (Å²) in [6, 6.07) is 4.64. The van der Waals surface area contributed by atoms with Gasteiger partial charge in [0.05, 0.1) is 6.42 Å². The van der Waals surface area contributed by atoms with Gasteiger partial charge in [-0.25, -0.2) is 0 Å². The van der Waals surface area contributed by atoms with E-state index in [4.69, 9.17) is 5.11 Å². The summed E-state index contributed by atoms with van der Waals surface area (Å²) in [7, 11) is 0. The van der Waals surface area contributed by atoms with Crippen molar-refractivity contribution >= 4 is 34.1 Å². The number of Topliss-reactive ketones (excluding diaryl/α,β-unsaturated/α-hetero) is 1. The predicted molar refractivity (Wildman–Crippen MR) is 67.6 cm³/mol. The quantitative estimate of drug-likeness (QED) is 0.704. The Kier molecular flexibility index (Phi) is 3.42. The third-order valence-electron chi connectivity index (χ3n) is 3.17. The SMILES string of the molecule is O=CNC1(CC(=O)O)C(=O)c2ccc(Br)cc2C1O. The molecular formula is C12H10BrNO5. The second kappa shape index (κ2) is 4.75. The summed E-state index contributed by atoms with van der Waals surface area (Å²) in [5.41, 5.74) is -1.32. The average Bonchev–Trinajstić information content (AvgIpc) is 2.52. The fourth-order valence-corrected chi connectivity index (χ4v) is 2.69. The Bertz CT molecular complexity index is 573. The monoisotopic (exact) mass is 327 g/mol. The molecule has 19 heavy (non-hydrogen) atoms. The van der Waals surface area contributed by atoms with Crippen LogP contribution in [0.1, 0.15) is 28.4 Å². The molecule has 0 aromatic heterocycles. The van der Waals surface area contributed by atoms with Crippen molar-refractivity contribution in [3.05, 3.63) is 33.8 Å². The molecule has 0 saturated carbocycles. The van der Waals surface area contributed by atoms with Gasteiger partial charge in [0.1, 0.15) is 11.6 Å². The maximum absolute atomic E-state index is 12.3. The Hall–Kier alpha value is -1.73. The van der Waals surface area contributed by atoms with Gasteiger partial charge in [0.25, 0.3) is 0 Å². The molecule has 0 fully saturated rings. The number of amides is 1. The smallest absolute Gasteiger partial charge is 0.306 e. The lowest BCUT2D eigenvalue weighted by Crippen LogP contribution is -2.53. The fourth-order valence-electron chi connectivity index (χ4n) is 2.31. The molecule has 3 N–H and O–H groups in total. The molecule has 100 valence electrons. The molecule has 1 aromatic carbocycles. The minimum Gasteiger partial charge on any atom is -0.481 e. The standard InChI is InChI=1S/C12H10BrNO5/c13-6-1-2-7-8(3-6)11(19)12(10(7)18,14-5-15)4-9(16)17/h1-3,5,11,19H,4H2,(H,14,15)(H,16,17). The number of carboxylic acid groups (broad SMARTS) is 1. The van der Waals surface area contributed by atoms with Crippen molar-refractivity contribution in [3.63, 3.8) is 0 Å². The molecule has 2 unspecified atom stereocenters. The second-order valence-corrected chi connectivity index (χ2v) is 5.18. The van der Waals surface area contributed by atoms with Crippen molar-refractivity contribution in [2.24, 2.45) is 0 Å². The van der Waals surface area contributed by atoms with Crippen LogP contribution in [0.2, 0.25) is 0 Å². The van der Waals surface area contributed by atoms with Gasteiger partial charge in [0.2, 0.25) is 6.41 Å². The van der Waals surface area contributed by atoms with E-state index in [1.165, 1.54) is 12.1 Å². The molecular weight excluding hydrogens is 318 g/mol. The minimum absolute atomic E-state index is 0.214. The first-order valence-corrected chi connectivity index (χ1v) is 6.17. The number of carboxylic acids is 1. The van der Waals surface area contributed by atoms with E-state index in [1.807, 2.05) is 0 Å². The number of nitrogens with one attached hydrogen (secondary N) is 1. The van der Waals surface area contributed by atoms with Crippen LogP contribution < -0.4 is 5.32 Å². The molecule has 1 amide bonds. The van der Waals surface area contributed by atoms with Crippen molar-refractivity contribution < 1.29 is 24.6 Å². The van der Waals surface area contributed by atoms with Crippen molar-refractivity contribution in [3.8, 4) is 0 Å². The van der Waals surface area contributed by atoms with Crippen LogP contribution in [0, 0.1) is 0 Å². The van der Waals surface area contributed by atoms with Crippen molar-refractivity contribution in [1.82, 2.24) is 5.32 Å². The molecule has 0 radical (unpaired) electrons. The van der Waals surface area contributed by atoms with Crippen LogP contribution in [-0.2, 0) is 9.59 Å². The first kappa shape index (κ1) is 13.7. The first-order valence-electron chi connectivity index (χ1n) is 5.38. The minimum atomic E-state index is -1.84. The molecule has 2 rings (SSSR count). The van der Waals surface area contributed by atoms with E-state index in [-0.39, 0.29) is 12.0 Å². The number of carbonyl (C=O) groups excluding carboxylic acids is 2. The molecule has 1 aromatic rings. The number of benzene rings is 1. The van der Waals surface area contributed by atoms with Gasteiger partial charge in [-0.3, -0.25) is 14.4 Å². The van der Waals surface area contributed by atoms with E-state index in [1.54, 1.807) is 6.07 Å². The highest BCUT2D eigenvalue weighted by Gasteiger charge is 2.54. The summed E-state index contributed by atoms with van der Waals surface area (Å²) in [5, 5.41) is 21.3. The van der Waals surface area contributed by atoms with Crippen molar-refractivity contribution in [2.75, 3.05) is 0 Å². The highest BCUT2D eigenvalue weighted by atomic mass is 79.9. The zero-order valence-corrected chi connectivity index (χ0v) is 11.2. The largest absolute Gasteiger partial charge is 0.481 e. The van der Waals surface area contributed by atoms with Crippen LogP contribution in [0.5, 0.6) is 0 Å². The molecule has 0 saturated heterocycles. The summed E-state index contributed by atoms with van der Waals surface area (Å²) in [6.07, 6.45) is -1.85. The van der Waals surface area contributed by atoms with Gasteiger partial charge in [0, 0.05) is 10.0 Å². The molecule has 1 aliphatic rings. The molecule has 6 nitrogen and oxygen atoms in total. The van der Waals surface area contributed by atoms with Gasteiger partial charge in [-0.05, 0) is 23.8 Å². The average molecular weight is 328 g/mol. The Morgan fingerprint density at radius 2 is 2.21 bits per heavy atom. The van der Waals surface area contributed by atoms with E-state index in [0.717, 1.165) is 0 Å². The molecule has 0 bridgehead atoms. The number of hydrogen-bond acceptors (Lipinski definition) is 4. The Morgan fingerprint density at radius 1 is 1.53 bits per heavy atom. The number of hydrogen-bond donors (Lipinski definition) is 3. The number of carbonyl (C=O) groups is 3. The van der Waals surface area contributed by atoms with Crippen LogP contribution in [-0.4, -0.2) is 33.9 Å². The summed E-state index contributed by atoms with van der Waals surface area (Å²) in [4.78, 5) is 33.9. The van der Waals surface area contributed by atoms with E-state index in [9.17, 15) is 19.5 Å². The third-order valence-corrected chi connectivity index (χ3v) is 3.66. The molecule has 0 aliphatic heterocycles. The lowest BCUT2D eigenvalue weighted by molar-refractivity contribution is -0.139. The maximum atomic E-state index is 12.3. The zero-order valence-electron chi connectivity index (χ0n) is 9.59. The van der Waals surface area contributed by atoms with E-state index < -0.39 is 29.8 Å². The van der Waals surface area contributed by atoms with E-state index in [0.29, 0.717) is 10.0 Å². The number of fused-ring (bicyclic) bond motifs is 1. The molecule has 2 atom stereocenters. The highest BCUT2D eigenvalue weighted by Crippen LogP contribution is 2.42. The number of aliphatic hydroxyl groups excluding tert-OH is 1. The second-order valence-electron chi connectivity index (χ2n) is 4.27. The van der Waals surface area contributed by atoms with Gasteiger partial charge in [-0.15, -0.1) is 0 Å². The number of aliphatic hydroxyl groups is 1. The highest BCUT2D eigenvalue weighted by molar-refractivity contribution is 9.10. The van der Waals surface area contributed by atoms with Gasteiger partial charge in [-0.1, -0.05) is 15.9 Å². The third kappa shape index (κ3) is 2.04. The zero-order chi connectivity index (χ0) is 14.2. The Balaban J connectivity index is 2.56. The topological polar surface area (TPSA) is 104 Å². The van der Waals surface area contributed by atoms with Gasteiger partial charge >= 0.3 is 5.97 Å². The van der Waals surface area contributed by atoms with Gasteiger partial charge in [-0.2, -0.15) is 0 Å². The predicted octanol–water partition coefficient (Wildman–Crippen LogP) is 0.638. The Morgan fingerprint density at radius 3 is 2.79 bits per heavy atom. The Labute approximate surface area is 116 Å². The maximum Gasteiger partial charge on any atom is 0.306 e. The lowest BCUT2D eigenvalue weighted by atomic mass is 9.88. The normalized spacial score (nSPS) is 24.9. The van der Waals surface area contributed by atoms with Crippen LogP contribution >= 0.6 is 15.9 Å². The van der Waals surface area contributed by atoms with Crippen LogP contribution in [0.4, 0.5) is 0 Å². The summed E-state index contributed by atoms with van der Waals surface area (Å²) in [6.45, 7) is 0. The molecule has 1 aliphatic carbocycles. The van der Waals surface area contributed by atoms with Crippen LogP contribution in [0.25, 0.3) is 0 Å². The van der Waals surface area contributed by atoms with Gasteiger partial charge in [0.15, 0.2) is 5.78 Å². The molecule has 7 heteroatoms. The van der Waals surface area contributed by atoms with Crippen molar-refractivity contribution in [1.29, 1.82) is 0 Å². The van der Waals surface area contributed by atoms with Crippen LogP contribution in [0.15, 0.2) is 22.7 Å². The number of ketones is 1. The summed E-state index contributed by atoms with van der Waals surface area (Å²) >= 11 is 3.21.